The third-order valence-electron chi connectivity index (χ3n) is 5.16. The minimum Gasteiger partial charge on any atom is -0.466 e. The quantitative estimate of drug-likeness (QED) is 0.557. The van der Waals surface area contributed by atoms with Crippen LogP contribution >= 0.6 is 0 Å². The number of nitrogens with one attached hydrogen (secondary N) is 1. The maximum Gasteiger partial charge on any atom is 0.310 e. The fourth-order valence-electron chi connectivity index (χ4n) is 3.75. The molecule has 1 N–H and O–H groups in total. The van der Waals surface area contributed by atoms with Gasteiger partial charge < -0.3 is 14.6 Å². The molecule has 6 heteroatoms. The number of esters is 1. The standard InChI is InChI=1S/C22H23N3O3/c1-2-28-22(27)15-6-5-11-25(14-15)21(26)10-9-16-12-18-17-7-3-4-8-19(17)24-20(18)13-23-16/h3-4,7-10,12-13,15,24H,2,5-6,11,14H2,1H3/b10-9+. The molecule has 0 radical (unpaired) electrons. The molecule has 144 valence electrons. The van der Waals surface area contributed by atoms with E-state index in [0.717, 1.165) is 40.3 Å². The lowest BCUT2D eigenvalue weighted by molar-refractivity contribution is -0.150. The molecule has 3 aromatic rings. The molecule has 0 spiro atoms. The second kappa shape index (κ2) is 7.84. The number of likely N-dealkylation sites (tertiary alicyclic amines) is 1. The fraction of sp³-hybridized carbons (Fsp3) is 0.318. The van der Waals surface area contributed by atoms with E-state index in [0.29, 0.717) is 19.7 Å². The van der Waals surface area contributed by atoms with E-state index in [2.05, 4.69) is 16.0 Å². The van der Waals surface area contributed by atoms with Crippen LogP contribution < -0.4 is 0 Å². The molecule has 1 amide bonds. The van der Waals surface area contributed by atoms with Crippen LogP contribution in [0.4, 0.5) is 0 Å². The van der Waals surface area contributed by atoms with Gasteiger partial charge in [0.2, 0.25) is 5.91 Å². The van der Waals surface area contributed by atoms with Crippen molar-refractivity contribution < 1.29 is 14.3 Å². The zero-order valence-corrected chi connectivity index (χ0v) is 15.9. The van der Waals surface area contributed by atoms with Crippen molar-refractivity contribution in [3.05, 3.63) is 48.3 Å². The van der Waals surface area contributed by atoms with Gasteiger partial charge >= 0.3 is 5.97 Å². The van der Waals surface area contributed by atoms with Crippen LogP contribution in [0.25, 0.3) is 27.9 Å². The lowest BCUT2D eigenvalue weighted by Crippen LogP contribution is -2.42. The minimum atomic E-state index is -0.230. The molecular weight excluding hydrogens is 354 g/mol. The number of benzene rings is 1. The summed E-state index contributed by atoms with van der Waals surface area (Å²) in [6, 6.07) is 10.1. The number of carbonyl (C=O) groups excluding carboxylic acids is 2. The van der Waals surface area contributed by atoms with Crippen LogP contribution in [-0.2, 0) is 14.3 Å². The third-order valence-corrected chi connectivity index (χ3v) is 5.16. The first kappa shape index (κ1) is 18.2. The molecule has 28 heavy (non-hydrogen) atoms. The van der Waals surface area contributed by atoms with Gasteiger partial charge in [-0.15, -0.1) is 0 Å². The molecule has 0 aliphatic carbocycles. The highest BCUT2D eigenvalue weighted by molar-refractivity contribution is 6.07. The van der Waals surface area contributed by atoms with Gasteiger partial charge in [0, 0.05) is 35.5 Å². The number of ether oxygens (including phenoxy) is 1. The van der Waals surface area contributed by atoms with E-state index < -0.39 is 0 Å². The van der Waals surface area contributed by atoms with Crippen LogP contribution in [0.2, 0.25) is 0 Å². The zero-order valence-electron chi connectivity index (χ0n) is 15.9. The summed E-state index contributed by atoms with van der Waals surface area (Å²) in [6.07, 6.45) is 6.64. The Balaban J connectivity index is 1.49. The van der Waals surface area contributed by atoms with Gasteiger partial charge in [0.25, 0.3) is 0 Å². The van der Waals surface area contributed by atoms with Crippen molar-refractivity contribution in [2.45, 2.75) is 19.8 Å². The number of piperidine rings is 1. The van der Waals surface area contributed by atoms with Gasteiger partial charge in [0.1, 0.15) is 0 Å². The van der Waals surface area contributed by atoms with Crippen LogP contribution in [0.1, 0.15) is 25.5 Å². The first-order valence-electron chi connectivity index (χ1n) is 9.66. The molecule has 2 aromatic heterocycles. The Kier molecular flexibility index (Phi) is 5.10. The monoisotopic (exact) mass is 377 g/mol. The Labute approximate surface area is 163 Å². The average molecular weight is 377 g/mol. The molecule has 3 heterocycles. The molecule has 1 aromatic carbocycles. The van der Waals surface area contributed by atoms with Crippen molar-refractivity contribution in [3.8, 4) is 0 Å². The molecule has 1 aliphatic rings. The van der Waals surface area contributed by atoms with E-state index in [9.17, 15) is 9.59 Å². The third kappa shape index (κ3) is 3.63. The van der Waals surface area contributed by atoms with Crippen LogP contribution in [0.15, 0.2) is 42.6 Å². The van der Waals surface area contributed by atoms with Crippen LogP contribution in [-0.4, -0.2) is 46.4 Å². The molecule has 1 fully saturated rings. The number of carbonyl (C=O) groups is 2. The molecule has 6 nitrogen and oxygen atoms in total. The number of pyridine rings is 1. The summed E-state index contributed by atoms with van der Waals surface area (Å²) in [5.41, 5.74) is 2.76. The summed E-state index contributed by atoms with van der Waals surface area (Å²) in [4.78, 5) is 34.0. The van der Waals surface area contributed by atoms with E-state index in [4.69, 9.17) is 4.74 Å². The predicted octanol–water partition coefficient (Wildman–Crippen LogP) is 3.53. The van der Waals surface area contributed by atoms with E-state index in [1.807, 2.05) is 24.3 Å². The zero-order chi connectivity index (χ0) is 19.5. The van der Waals surface area contributed by atoms with Gasteiger partial charge in [-0.05, 0) is 38.0 Å². The number of H-pyrrole nitrogens is 1. The number of amides is 1. The number of nitrogens with zero attached hydrogens (tertiary/aromatic N) is 2. The van der Waals surface area contributed by atoms with Crippen molar-refractivity contribution >= 4 is 39.8 Å². The Bertz CT molecular complexity index is 1050. The Morgan fingerprint density at radius 3 is 3.00 bits per heavy atom. The molecule has 0 saturated carbocycles. The first-order chi connectivity index (χ1) is 13.7. The normalized spacial score (nSPS) is 17.5. The van der Waals surface area contributed by atoms with Gasteiger partial charge in [-0.2, -0.15) is 0 Å². The van der Waals surface area contributed by atoms with Gasteiger partial charge in [-0.3, -0.25) is 14.6 Å². The molecule has 1 aliphatic heterocycles. The number of rotatable bonds is 4. The maximum atomic E-state index is 12.6. The number of aromatic nitrogens is 2. The predicted molar refractivity (Wildman–Crippen MR) is 109 cm³/mol. The molecule has 1 unspecified atom stereocenters. The lowest BCUT2D eigenvalue weighted by Gasteiger charge is -2.30. The van der Waals surface area contributed by atoms with E-state index in [-0.39, 0.29) is 17.8 Å². The highest BCUT2D eigenvalue weighted by Crippen LogP contribution is 2.25. The number of hydrogen-bond acceptors (Lipinski definition) is 4. The van der Waals surface area contributed by atoms with Crippen molar-refractivity contribution in [2.24, 2.45) is 5.92 Å². The lowest BCUT2D eigenvalue weighted by atomic mass is 9.98. The smallest absolute Gasteiger partial charge is 0.310 e. The number of hydrogen-bond donors (Lipinski definition) is 1. The SMILES string of the molecule is CCOC(=O)C1CCCN(C(=O)/C=C/c2cc3c(cn2)[nH]c2ccccc23)C1. The molecule has 4 rings (SSSR count). The first-order valence-corrected chi connectivity index (χ1v) is 9.66. The van der Waals surface area contributed by atoms with Crippen LogP contribution in [0.3, 0.4) is 0 Å². The molecule has 1 saturated heterocycles. The van der Waals surface area contributed by atoms with Crippen LogP contribution in [0, 0.1) is 5.92 Å². The van der Waals surface area contributed by atoms with Gasteiger partial charge in [-0.25, -0.2) is 0 Å². The largest absolute Gasteiger partial charge is 0.466 e. The number of aromatic amines is 1. The summed E-state index contributed by atoms with van der Waals surface area (Å²) in [5, 5.41) is 2.22. The fourth-order valence-corrected chi connectivity index (χ4v) is 3.75. The summed E-state index contributed by atoms with van der Waals surface area (Å²) < 4.78 is 5.10. The molecule has 1 atom stereocenters. The van der Waals surface area contributed by atoms with Crippen molar-refractivity contribution in [2.75, 3.05) is 19.7 Å². The van der Waals surface area contributed by atoms with Crippen molar-refractivity contribution in [1.82, 2.24) is 14.9 Å². The Hall–Kier alpha value is -3.15. The average Bonchev–Trinajstić information content (AvgIpc) is 3.10. The summed E-state index contributed by atoms with van der Waals surface area (Å²) in [6.45, 7) is 3.24. The van der Waals surface area contributed by atoms with Crippen molar-refractivity contribution in [3.63, 3.8) is 0 Å². The Morgan fingerprint density at radius 2 is 2.14 bits per heavy atom. The van der Waals surface area contributed by atoms with Gasteiger partial charge in [0.15, 0.2) is 0 Å². The highest BCUT2D eigenvalue weighted by atomic mass is 16.5. The van der Waals surface area contributed by atoms with Crippen molar-refractivity contribution in [1.29, 1.82) is 0 Å². The minimum absolute atomic E-state index is 0.102. The van der Waals surface area contributed by atoms with E-state index in [1.54, 1.807) is 24.1 Å². The van der Waals surface area contributed by atoms with Crippen LogP contribution in [0.5, 0.6) is 0 Å². The van der Waals surface area contributed by atoms with E-state index in [1.165, 1.54) is 6.08 Å². The highest BCUT2D eigenvalue weighted by Gasteiger charge is 2.28. The maximum absolute atomic E-state index is 12.6. The topological polar surface area (TPSA) is 75.3 Å². The second-order valence-corrected chi connectivity index (χ2v) is 7.03. The summed E-state index contributed by atoms with van der Waals surface area (Å²) in [5.74, 6) is -0.544. The Morgan fingerprint density at radius 1 is 1.29 bits per heavy atom. The summed E-state index contributed by atoms with van der Waals surface area (Å²) >= 11 is 0. The number of fused-ring (bicyclic) bond motifs is 3. The van der Waals surface area contributed by atoms with E-state index >= 15 is 0 Å². The van der Waals surface area contributed by atoms with Gasteiger partial charge in [0.05, 0.1) is 29.9 Å². The molecule has 0 bridgehead atoms. The van der Waals surface area contributed by atoms with Gasteiger partial charge in [-0.1, -0.05) is 18.2 Å². The molecular formula is C22H23N3O3. The second-order valence-electron chi connectivity index (χ2n) is 7.03. The number of para-hydroxylation sites is 1. The summed E-state index contributed by atoms with van der Waals surface area (Å²) in [7, 11) is 0.